The van der Waals surface area contributed by atoms with E-state index in [1.807, 2.05) is 6.07 Å². The summed E-state index contributed by atoms with van der Waals surface area (Å²) in [6.07, 6.45) is -1.31. The van der Waals surface area contributed by atoms with Crippen molar-refractivity contribution in [2.75, 3.05) is 6.26 Å². The standard InChI is InChI=1S/C24H27F3N4O3S/c1-15(2)12-20(22(32)31-23(14-28)10-11-23)30-21(24(25,26)27)17-6-4-16(5-7-17)19-9-8-18(13-29-19)35(3,33)34/h4-9,13,15,20-21,30H,10-12H2,1-3H3,(H,31,32)/t20-,21-/m0/s1. The molecule has 2 N–H and O–H groups in total. The fourth-order valence-electron chi connectivity index (χ4n) is 3.63. The monoisotopic (exact) mass is 508 g/mol. The molecule has 1 aliphatic carbocycles. The van der Waals surface area contributed by atoms with Crippen molar-refractivity contribution < 1.29 is 26.4 Å². The van der Waals surface area contributed by atoms with Crippen LogP contribution in [0.15, 0.2) is 47.5 Å². The second kappa shape index (κ2) is 9.95. The Labute approximate surface area is 202 Å². The number of nitriles is 1. The van der Waals surface area contributed by atoms with Gasteiger partial charge >= 0.3 is 6.18 Å². The molecule has 0 aliphatic heterocycles. The summed E-state index contributed by atoms with van der Waals surface area (Å²) in [6.45, 7) is 3.61. The number of hydrogen-bond acceptors (Lipinski definition) is 6. The molecule has 0 radical (unpaired) electrons. The maximum atomic E-state index is 14.0. The summed E-state index contributed by atoms with van der Waals surface area (Å²) in [4.78, 5) is 16.9. The lowest BCUT2D eigenvalue weighted by molar-refractivity contribution is -0.161. The van der Waals surface area contributed by atoms with Gasteiger partial charge in [0, 0.05) is 18.0 Å². The average molecular weight is 509 g/mol. The second-order valence-electron chi connectivity index (χ2n) is 9.28. The maximum Gasteiger partial charge on any atom is 0.407 e. The van der Waals surface area contributed by atoms with Gasteiger partial charge in [0.25, 0.3) is 0 Å². The lowest BCUT2D eigenvalue weighted by Gasteiger charge is -2.29. The molecule has 2 atom stereocenters. The van der Waals surface area contributed by atoms with Gasteiger partial charge in [-0.3, -0.25) is 15.1 Å². The quantitative estimate of drug-likeness (QED) is 0.531. The first-order chi connectivity index (χ1) is 16.2. The first-order valence-electron chi connectivity index (χ1n) is 11.1. The largest absolute Gasteiger partial charge is 0.407 e. The zero-order valence-corrected chi connectivity index (χ0v) is 20.4. The zero-order chi connectivity index (χ0) is 26.0. The van der Waals surface area contributed by atoms with E-state index < -0.39 is 39.5 Å². The number of rotatable bonds is 9. The maximum absolute atomic E-state index is 14.0. The van der Waals surface area contributed by atoms with Gasteiger partial charge in [-0.2, -0.15) is 18.4 Å². The van der Waals surface area contributed by atoms with Crippen molar-refractivity contribution in [3.8, 4) is 17.3 Å². The van der Waals surface area contributed by atoms with E-state index in [1.165, 1.54) is 42.6 Å². The fourth-order valence-corrected chi connectivity index (χ4v) is 4.19. The number of aromatic nitrogens is 1. The van der Waals surface area contributed by atoms with Gasteiger partial charge in [-0.15, -0.1) is 0 Å². The molecule has 1 aromatic carbocycles. The van der Waals surface area contributed by atoms with Crippen LogP contribution in [0.4, 0.5) is 13.2 Å². The number of carbonyl (C=O) groups is 1. The Bertz CT molecular complexity index is 1200. The normalized spacial score (nSPS) is 16.9. The number of halogens is 3. The van der Waals surface area contributed by atoms with Gasteiger partial charge in [0.05, 0.1) is 22.7 Å². The predicted octanol–water partition coefficient (Wildman–Crippen LogP) is 3.93. The highest BCUT2D eigenvalue weighted by Gasteiger charge is 2.47. The number of alkyl halides is 3. The van der Waals surface area contributed by atoms with Gasteiger partial charge in [0.1, 0.15) is 11.6 Å². The van der Waals surface area contributed by atoms with Gasteiger partial charge in [-0.25, -0.2) is 8.42 Å². The molecule has 1 aliphatic rings. The molecule has 1 amide bonds. The van der Waals surface area contributed by atoms with Crippen molar-refractivity contribution in [2.24, 2.45) is 5.92 Å². The lowest BCUT2D eigenvalue weighted by atomic mass is 9.98. The summed E-state index contributed by atoms with van der Waals surface area (Å²) in [5, 5.41) is 14.3. The van der Waals surface area contributed by atoms with Crippen LogP contribution in [0, 0.1) is 17.2 Å². The molecule has 3 rings (SSSR count). The van der Waals surface area contributed by atoms with Crippen LogP contribution in [0.5, 0.6) is 0 Å². The zero-order valence-electron chi connectivity index (χ0n) is 19.6. The molecule has 1 heterocycles. The van der Waals surface area contributed by atoms with Crippen molar-refractivity contribution in [1.82, 2.24) is 15.6 Å². The number of hydrogen-bond donors (Lipinski definition) is 2. The summed E-state index contributed by atoms with van der Waals surface area (Å²) in [7, 11) is -3.42. The topological polar surface area (TPSA) is 112 Å². The number of nitrogens with zero attached hydrogens (tertiary/aromatic N) is 2. The summed E-state index contributed by atoms with van der Waals surface area (Å²) in [6, 6.07) is 7.16. The number of benzene rings is 1. The first kappa shape index (κ1) is 26.6. The number of pyridine rings is 1. The van der Waals surface area contributed by atoms with Crippen LogP contribution in [0.2, 0.25) is 0 Å². The third-order valence-corrected chi connectivity index (χ3v) is 6.85. The number of sulfone groups is 1. The highest BCUT2D eigenvalue weighted by atomic mass is 32.2. The minimum atomic E-state index is -4.68. The molecule has 35 heavy (non-hydrogen) atoms. The van der Waals surface area contributed by atoms with Gasteiger partial charge in [-0.1, -0.05) is 38.1 Å². The van der Waals surface area contributed by atoms with Crippen molar-refractivity contribution in [3.63, 3.8) is 0 Å². The van der Waals surface area contributed by atoms with E-state index in [0.717, 1.165) is 6.26 Å². The SMILES string of the molecule is CC(C)C[C@H](N[C@@H](c1ccc(-c2ccc(S(C)(=O)=O)cn2)cc1)C(F)(F)F)C(=O)NC1(C#N)CC1. The molecule has 1 fully saturated rings. The van der Waals surface area contributed by atoms with E-state index >= 15 is 0 Å². The summed E-state index contributed by atoms with van der Waals surface area (Å²) in [5.41, 5.74) is -0.153. The van der Waals surface area contributed by atoms with E-state index in [9.17, 15) is 31.6 Å². The molecule has 0 saturated heterocycles. The molecule has 1 saturated carbocycles. The Balaban J connectivity index is 1.84. The Morgan fingerprint density at radius 2 is 1.80 bits per heavy atom. The highest BCUT2D eigenvalue weighted by molar-refractivity contribution is 7.90. The van der Waals surface area contributed by atoms with Crippen LogP contribution in [0.25, 0.3) is 11.3 Å². The molecule has 0 spiro atoms. The van der Waals surface area contributed by atoms with Crippen LogP contribution in [0.1, 0.15) is 44.7 Å². The van der Waals surface area contributed by atoms with Crippen molar-refractivity contribution in [2.45, 2.75) is 61.8 Å². The van der Waals surface area contributed by atoms with E-state index in [4.69, 9.17) is 0 Å². The predicted molar refractivity (Wildman–Crippen MR) is 124 cm³/mol. The van der Waals surface area contributed by atoms with Crippen LogP contribution >= 0.6 is 0 Å². The lowest BCUT2D eigenvalue weighted by Crippen LogP contribution is -2.52. The molecule has 1 aromatic heterocycles. The Morgan fingerprint density at radius 3 is 2.23 bits per heavy atom. The van der Waals surface area contributed by atoms with Crippen LogP contribution in [-0.2, 0) is 14.6 Å². The van der Waals surface area contributed by atoms with E-state index in [-0.39, 0.29) is 22.8 Å². The Morgan fingerprint density at radius 1 is 1.17 bits per heavy atom. The number of amides is 1. The van der Waals surface area contributed by atoms with Crippen LogP contribution in [0.3, 0.4) is 0 Å². The minimum Gasteiger partial charge on any atom is -0.336 e. The van der Waals surface area contributed by atoms with Gasteiger partial charge in [-0.05, 0) is 42.9 Å². The van der Waals surface area contributed by atoms with E-state index in [0.29, 0.717) is 24.1 Å². The number of nitrogens with one attached hydrogen (secondary N) is 2. The van der Waals surface area contributed by atoms with Gasteiger partial charge < -0.3 is 5.32 Å². The van der Waals surface area contributed by atoms with Crippen molar-refractivity contribution in [3.05, 3.63) is 48.2 Å². The van der Waals surface area contributed by atoms with Crippen LogP contribution in [-0.4, -0.2) is 43.3 Å². The molecular weight excluding hydrogens is 481 g/mol. The molecule has 188 valence electrons. The highest BCUT2D eigenvalue weighted by Crippen LogP contribution is 2.36. The first-order valence-corrected chi connectivity index (χ1v) is 13.0. The smallest absolute Gasteiger partial charge is 0.336 e. The third-order valence-electron chi connectivity index (χ3n) is 5.75. The van der Waals surface area contributed by atoms with Crippen molar-refractivity contribution >= 4 is 15.7 Å². The second-order valence-corrected chi connectivity index (χ2v) is 11.3. The summed E-state index contributed by atoms with van der Waals surface area (Å²) >= 11 is 0. The molecule has 7 nitrogen and oxygen atoms in total. The molecule has 11 heteroatoms. The van der Waals surface area contributed by atoms with Gasteiger partial charge in [0.15, 0.2) is 9.84 Å². The average Bonchev–Trinajstić information content (AvgIpc) is 3.55. The molecular formula is C24H27F3N4O3S. The fraction of sp³-hybridized carbons (Fsp3) is 0.458. The molecule has 2 aromatic rings. The van der Waals surface area contributed by atoms with E-state index in [1.54, 1.807) is 13.8 Å². The van der Waals surface area contributed by atoms with Crippen molar-refractivity contribution in [1.29, 1.82) is 5.26 Å². The summed E-state index contributed by atoms with van der Waals surface area (Å²) in [5.74, 6) is -0.688. The summed E-state index contributed by atoms with van der Waals surface area (Å²) < 4.78 is 65.3. The van der Waals surface area contributed by atoms with E-state index in [2.05, 4.69) is 15.6 Å². The number of carbonyl (C=O) groups excluding carboxylic acids is 1. The van der Waals surface area contributed by atoms with Crippen LogP contribution < -0.4 is 10.6 Å². The van der Waals surface area contributed by atoms with Gasteiger partial charge in [0.2, 0.25) is 5.91 Å². The molecule has 0 bridgehead atoms. The minimum absolute atomic E-state index is 0.0399. The third kappa shape index (κ3) is 6.80. The Kier molecular flexibility index (Phi) is 7.57. The Hall–Kier alpha value is -2.97. The molecule has 0 unspecified atom stereocenters.